The molecule has 1 heterocycles. The average molecular weight is 298 g/mol. The molecule has 1 aromatic carbocycles. The van der Waals surface area contributed by atoms with Crippen LogP contribution in [0.3, 0.4) is 0 Å². The summed E-state index contributed by atoms with van der Waals surface area (Å²) in [6.07, 6.45) is 5.09. The molecule has 0 atom stereocenters. The highest BCUT2D eigenvalue weighted by Gasteiger charge is 2.00. The van der Waals surface area contributed by atoms with Crippen molar-refractivity contribution in [3.63, 3.8) is 0 Å². The van der Waals surface area contributed by atoms with E-state index in [-0.39, 0.29) is 0 Å². The number of hydrogen-bond donors (Lipinski definition) is 2. The number of aromatic nitrogens is 2. The van der Waals surface area contributed by atoms with E-state index in [4.69, 9.17) is 0 Å². The minimum atomic E-state index is 0.687. The molecule has 0 aliphatic heterocycles. The number of hydrogen-bond acceptors (Lipinski definition) is 4. The van der Waals surface area contributed by atoms with Crippen LogP contribution in [0.25, 0.3) is 0 Å². The van der Waals surface area contributed by atoms with Gasteiger partial charge in [0.1, 0.15) is 5.82 Å². The molecule has 2 N–H and O–H groups in total. The van der Waals surface area contributed by atoms with Crippen LogP contribution in [0.2, 0.25) is 0 Å². The summed E-state index contributed by atoms with van der Waals surface area (Å²) in [5.41, 5.74) is 1.38. The van der Waals surface area contributed by atoms with Gasteiger partial charge in [0.15, 0.2) is 0 Å². The van der Waals surface area contributed by atoms with Crippen molar-refractivity contribution in [2.45, 2.75) is 33.1 Å². The van der Waals surface area contributed by atoms with Crippen molar-refractivity contribution in [2.75, 3.05) is 23.7 Å². The zero-order chi connectivity index (χ0) is 15.6. The first-order chi connectivity index (χ1) is 10.7. The Labute approximate surface area is 133 Å². The first-order valence-corrected chi connectivity index (χ1v) is 8.09. The predicted molar refractivity (Wildman–Crippen MR) is 93.2 cm³/mol. The quantitative estimate of drug-likeness (QED) is 0.688. The van der Waals surface area contributed by atoms with Crippen molar-refractivity contribution >= 4 is 11.8 Å². The Bertz CT molecular complexity index is 540. The molecule has 0 aliphatic rings. The third-order valence-corrected chi connectivity index (χ3v) is 3.45. The molecule has 4 heteroatoms. The molecular weight excluding hydrogens is 272 g/mol. The fourth-order valence-corrected chi connectivity index (χ4v) is 2.17. The molecule has 0 saturated carbocycles. The molecule has 0 spiro atoms. The van der Waals surface area contributed by atoms with E-state index in [1.54, 1.807) is 6.20 Å². The van der Waals surface area contributed by atoms with Gasteiger partial charge in [-0.1, -0.05) is 44.2 Å². The van der Waals surface area contributed by atoms with E-state index in [1.165, 1.54) is 5.56 Å². The average Bonchev–Trinajstić information content (AvgIpc) is 2.53. The van der Waals surface area contributed by atoms with Crippen LogP contribution in [0.5, 0.6) is 0 Å². The van der Waals surface area contributed by atoms with Gasteiger partial charge in [-0.05, 0) is 36.8 Å². The van der Waals surface area contributed by atoms with Crippen molar-refractivity contribution in [3.05, 3.63) is 48.2 Å². The van der Waals surface area contributed by atoms with Crippen molar-refractivity contribution in [1.82, 2.24) is 9.97 Å². The standard InChI is InChI=1S/C18H26N4/c1-15(2)10-13-20-18-21-14-11-17(22-18)19-12-6-9-16-7-4-3-5-8-16/h3-5,7-8,11,14-15H,6,9-10,12-13H2,1-2H3,(H2,19,20,21,22). The lowest BCUT2D eigenvalue weighted by molar-refractivity contribution is 0.606. The van der Waals surface area contributed by atoms with Gasteiger partial charge in [-0.25, -0.2) is 4.98 Å². The van der Waals surface area contributed by atoms with E-state index in [2.05, 4.69) is 64.8 Å². The van der Waals surface area contributed by atoms with Gasteiger partial charge in [0, 0.05) is 19.3 Å². The van der Waals surface area contributed by atoms with Gasteiger partial charge in [-0.15, -0.1) is 0 Å². The Hall–Kier alpha value is -2.10. The van der Waals surface area contributed by atoms with Crippen molar-refractivity contribution < 1.29 is 0 Å². The first-order valence-electron chi connectivity index (χ1n) is 8.09. The second-order valence-corrected chi connectivity index (χ2v) is 5.89. The fraction of sp³-hybridized carbons (Fsp3) is 0.444. The molecule has 0 amide bonds. The maximum Gasteiger partial charge on any atom is 0.224 e. The molecule has 2 aromatic rings. The van der Waals surface area contributed by atoms with Crippen LogP contribution in [0.1, 0.15) is 32.3 Å². The van der Waals surface area contributed by atoms with Crippen LogP contribution < -0.4 is 10.6 Å². The lowest BCUT2D eigenvalue weighted by Crippen LogP contribution is -2.10. The van der Waals surface area contributed by atoms with Crippen molar-refractivity contribution in [3.8, 4) is 0 Å². The highest BCUT2D eigenvalue weighted by molar-refractivity contribution is 5.39. The molecule has 0 radical (unpaired) electrons. The normalized spacial score (nSPS) is 10.7. The molecule has 0 unspecified atom stereocenters. The van der Waals surface area contributed by atoms with Crippen LogP contribution in [0.15, 0.2) is 42.6 Å². The number of benzene rings is 1. The Kier molecular flexibility index (Phi) is 6.68. The summed E-state index contributed by atoms with van der Waals surface area (Å²) in [7, 11) is 0. The van der Waals surface area contributed by atoms with Crippen LogP contribution in [-0.4, -0.2) is 23.1 Å². The molecule has 0 bridgehead atoms. The number of rotatable bonds is 9. The summed E-state index contributed by atoms with van der Waals surface area (Å²) in [4.78, 5) is 8.73. The van der Waals surface area contributed by atoms with Crippen LogP contribution >= 0.6 is 0 Å². The summed E-state index contributed by atoms with van der Waals surface area (Å²) in [5.74, 6) is 2.27. The minimum Gasteiger partial charge on any atom is -0.370 e. The summed E-state index contributed by atoms with van der Waals surface area (Å²) >= 11 is 0. The van der Waals surface area contributed by atoms with Crippen molar-refractivity contribution in [2.24, 2.45) is 5.92 Å². The van der Waals surface area contributed by atoms with Gasteiger partial charge < -0.3 is 10.6 Å². The van der Waals surface area contributed by atoms with E-state index < -0.39 is 0 Å². The summed E-state index contributed by atoms with van der Waals surface area (Å²) in [6.45, 7) is 6.26. The third kappa shape index (κ3) is 6.12. The molecule has 0 fully saturated rings. The minimum absolute atomic E-state index is 0.687. The monoisotopic (exact) mass is 298 g/mol. The topological polar surface area (TPSA) is 49.8 Å². The summed E-state index contributed by atoms with van der Waals surface area (Å²) < 4.78 is 0. The van der Waals surface area contributed by atoms with Gasteiger partial charge in [-0.2, -0.15) is 4.98 Å². The Morgan fingerprint density at radius 2 is 1.82 bits per heavy atom. The van der Waals surface area contributed by atoms with Gasteiger partial charge in [0.05, 0.1) is 0 Å². The second-order valence-electron chi connectivity index (χ2n) is 5.89. The Balaban J connectivity index is 1.71. The SMILES string of the molecule is CC(C)CCNc1nccc(NCCCc2ccccc2)n1. The lowest BCUT2D eigenvalue weighted by atomic mass is 10.1. The predicted octanol–water partition coefficient (Wildman–Crippen LogP) is 3.98. The zero-order valence-corrected chi connectivity index (χ0v) is 13.5. The first kappa shape index (κ1) is 16.3. The molecular formula is C18H26N4. The number of aryl methyl sites for hydroxylation is 1. The third-order valence-electron chi connectivity index (χ3n) is 3.45. The van der Waals surface area contributed by atoms with E-state index in [1.807, 2.05) is 6.07 Å². The fourth-order valence-electron chi connectivity index (χ4n) is 2.17. The summed E-state index contributed by atoms with van der Waals surface area (Å²) in [6, 6.07) is 12.5. The number of anilines is 2. The summed E-state index contributed by atoms with van der Waals surface area (Å²) in [5, 5.41) is 6.63. The molecule has 22 heavy (non-hydrogen) atoms. The molecule has 1 aromatic heterocycles. The second kappa shape index (κ2) is 9.03. The molecule has 0 aliphatic carbocycles. The van der Waals surface area contributed by atoms with Gasteiger partial charge in [0.25, 0.3) is 0 Å². The van der Waals surface area contributed by atoms with Crippen LogP contribution in [-0.2, 0) is 6.42 Å². The van der Waals surface area contributed by atoms with Gasteiger partial charge in [-0.3, -0.25) is 0 Å². The molecule has 2 rings (SSSR count). The Morgan fingerprint density at radius 1 is 1.00 bits per heavy atom. The van der Waals surface area contributed by atoms with E-state index >= 15 is 0 Å². The highest BCUT2D eigenvalue weighted by atomic mass is 15.1. The van der Waals surface area contributed by atoms with Crippen LogP contribution in [0.4, 0.5) is 11.8 Å². The highest BCUT2D eigenvalue weighted by Crippen LogP contribution is 2.08. The van der Waals surface area contributed by atoms with Gasteiger partial charge in [0.2, 0.25) is 5.95 Å². The molecule has 118 valence electrons. The molecule has 0 saturated heterocycles. The van der Waals surface area contributed by atoms with E-state index in [0.29, 0.717) is 11.9 Å². The number of nitrogens with zero attached hydrogens (tertiary/aromatic N) is 2. The maximum absolute atomic E-state index is 4.48. The lowest BCUT2D eigenvalue weighted by Gasteiger charge is -2.09. The van der Waals surface area contributed by atoms with Gasteiger partial charge >= 0.3 is 0 Å². The van der Waals surface area contributed by atoms with E-state index in [9.17, 15) is 0 Å². The van der Waals surface area contributed by atoms with Crippen LogP contribution in [0, 0.1) is 5.92 Å². The zero-order valence-electron chi connectivity index (χ0n) is 13.5. The largest absolute Gasteiger partial charge is 0.370 e. The maximum atomic E-state index is 4.48. The van der Waals surface area contributed by atoms with E-state index in [0.717, 1.165) is 38.2 Å². The Morgan fingerprint density at radius 3 is 2.59 bits per heavy atom. The smallest absolute Gasteiger partial charge is 0.224 e. The number of nitrogens with one attached hydrogen (secondary N) is 2. The van der Waals surface area contributed by atoms with Crippen molar-refractivity contribution in [1.29, 1.82) is 0 Å². The molecule has 4 nitrogen and oxygen atoms in total.